The molecule has 0 unspecified atom stereocenters. The summed E-state index contributed by atoms with van der Waals surface area (Å²) in [5, 5.41) is 22.3. The summed E-state index contributed by atoms with van der Waals surface area (Å²) < 4.78 is 0. The van der Waals surface area contributed by atoms with Crippen LogP contribution in [0.15, 0.2) is 23.2 Å². The minimum Gasteiger partial charge on any atom is -0.502 e. The Balaban J connectivity index is 2.40. The average molecular weight is 221 g/mol. The Labute approximate surface area is 89.6 Å². The molecular formula is C9H7N3O4. The van der Waals surface area contributed by atoms with Crippen LogP contribution in [0.3, 0.4) is 0 Å². The molecule has 0 saturated carbocycles. The van der Waals surface area contributed by atoms with Crippen LogP contribution in [0.4, 0.5) is 5.69 Å². The molecule has 1 amide bonds. The number of carbonyl (C=O) groups excluding carboxylic acids is 1. The highest BCUT2D eigenvalue weighted by molar-refractivity contribution is 6.12. The van der Waals surface area contributed by atoms with E-state index in [2.05, 4.69) is 10.3 Å². The van der Waals surface area contributed by atoms with Crippen LogP contribution in [-0.4, -0.2) is 28.3 Å². The molecule has 0 spiro atoms. The number of amides is 1. The quantitative estimate of drug-likeness (QED) is 0.548. The number of aromatic hydroxyl groups is 1. The first-order valence-corrected chi connectivity index (χ1v) is 4.40. The monoisotopic (exact) mass is 221 g/mol. The minimum atomic E-state index is -0.698. The summed E-state index contributed by atoms with van der Waals surface area (Å²) in [6, 6.07) is 3.81. The molecule has 7 nitrogen and oxygen atoms in total. The molecule has 1 aromatic rings. The molecule has 0 aliphatic carbocycles. The van der Waals surface area contributed by atoms with Gasteiger partial charge in [0.25, 0.3) is 0 Å². The average Bonchev–Trinajstić information content (AvgIpc) is 2.65. The standard InChI is InChI=1S/C9H7N3O4/c13-7-2-1-5(3-6(7)12(15)16)9-10-4-8(14)11-9/h1-3,13H,4H2,(H,10,11,14). The van der Waals surface area contributed by atoms with Crippen LogP contribution >= 0.6 is 0 Å². The fourth-order valence-electron chi connectivity index (χ4n) is 1.34. The Hall–Kier alpha value is -2.44. The molecule has 0 fully saturated rings. The lowest BCUT2D eigenvalue weighted by atomic mass is 10.1. The summed E-state index contributed by atoms with van der Waals surface area (Å²) in [6.07, 6.45) is 0. The van der Waals surface area contributed by atoms with Gasteiger partial charge in [0.05, 0.1) is 4.92 Å². The third-order valence-electron chi connectivity index (χ3n) is 2.08. The number of nitrogens with one attached hydrogen (secondary N) is 1. The van der Waals surface area contributed by atoms with Crippen molar-refractivity contribution in [2.24, 2.45) is 4.99 Å². The largest absolute Gasteiger partial charge is 0.502 e. The van der Waals surface area contributed by atoms with E-state index in [1.54, 1.807) is 0 Å². The van der Waals surface area contributed by atoms with E-state index in [4.69, 9.17) is 0 Å². The summed E-state index contributed by atoms with van der Waals surface area (Å²) in [6.45, 7) is 0.0179. The van der Waals surface area contributed by atoms with Gasteiger partial charge in [0.15, 0.2) is 5.75 Å². The molecule has 1 heterocycles. The van der Waals surface area contributed by atoms with Crippen LogP contribution in [0.1, 0.15) is 5.56 Å². The lowest BCUT2D eigenvalue weighted by Gasteiger charge is -2.02. The fraction of sp³-hybridized carbons (Fsp3) is 0.111. The van der Waals surface area contributed by atoms with Crippen molar-refractivity contribution in [2.75, 3.05) is 6.54 Å². The summed E-state index contributed by atoms with van der Waals surface area (Å²) in [5.41, 5.74) is -0.0169. The second kappa shape index (κ2) is 3.61. The highest BCUT2D eigenvalue weighted by Crippen LogP contribution is 2.26. The number of carbonyl (C=O) groups is 1. The number of nitro benzene ring substituents is 1. The van der Waals surface area contributed by atoms with Gasteiger partial charge >= 0.3 is 5.69 Å². The van der Waals surface area contributed by atoms with E-state index in [1.807, 2.05) is 0 Å². The topological polar surface area (TPSA) is 105 Å². The summed E-state index contributed by atoms with van der Waals surface area (Å²) in [4.78, 5) is 24.6. The molecule has 0 saturated heterocycles. The highest BCUT2D eigenvalue weighted by atomic mass is 16.6. The van der Waals surface area contributed by atoms with Crippen molar-refractivity contribution in [3.63, 3.8) is 0 Å². The number of phenols is 1. The Kier molecular flexibility index (Phi) is 2.28. The van der Waals surface area contributed by atoms with Crippen LogP contribution in [0.5, 0.6) is 5.75 Å². The number of nitro groups is 1. The Bertz CT molecular complexity index is 509. The normalized spacial score (nSPS) is 14.5. The lowest BCUT2D eigenvalue weighted by Crippen LogP contribution is -2.25. The number of nitrogens with zero attached hydrogens (tertiary/aromatic N) is 2. The fourth-order valence-corrected chi connectivity index (χ4v) is 1.34. The maximum Gasteiger partial charge on any atom is 0.311 e. The van der Waals surface area contributed by atoms with Gasteiger partial charge in [-0.15, -0.1) is 0 Å². The van der Waals surface area contributed by atoms with Gasteiger partial charge in [-0.05, 0) is 12.1 Å². The van der Waals surface area contributed by atoms with E-state index in [0.29, 0.717) is 5.56 Å². The van der Waals surface area contributed by atoms with Gasteiger partial charge < -0.3 is 10.4 Å². The van der Waals surface area contributed by atoms with Gasteiger partial charge in [-0.3, -0.25) is 19.9 Å². The number of hydrogen-bond acceptors (Lipinski definition) is 5. The van der Waals surface area contributed by atoms with E-state index in [-0.39, 0.29) is 18.3 Å². The van der Waals surface area contributed by atoms with Crippen LogP contribution < -0.4 is 5.32 Å². The smallest absolute Gasteiger partial charge is 0.311 e. The number of hydrogen-bond donors (Lipinski definition) is 2. The Morgan fingerprint density at radius 3 is 2.81 bits per heavy atom. The highest BCUT2D eigenvalue weighted by Gasteiger charge is 2.19. The summed E-state index contributed by atoms with van der Waals surface area (Å²) in [5.74, 6) is -0.391. The van der Waals surface area contributed by atoms with Crippen molar-refractivity contribution in [1.29, 1.82) is 0 Å². The molecule has 2 N–H and O–H groups in total. The molecule has 7 heteroatoms. The molecule has 1 aliphatic heterocycles. The van der Waals surface area contributed by atoms with Crippen molar-refractivity contribution in [3.05, 3.63) is 33.9 Å². The second-order valence-electron chi connectivity index (χ2n) is 3.17. The molecular weight excluding hydrogens is 214 g/mol. The summed E-state index contributed by atoms with van der Waals surface area (Å²) >= 11 is 0. The first kappa shape index (κ1) is 10.1. The van der Waals surface area contributed by atoms with E-state index >= 15 is 0 Å². The van der Waals surface area contributed by atoms with Crippen LogP contribution in [0.2, 0.25) is 0 Å². The Morgan fingerprint density at radius 1 is 1.50 bits per heavy atom. The van der Waals surface area contributed by atoms with Crippen LogP contribution in [0.25, 0.3) is 0 Å². The first-order chi connectivity index (χ1) is 7.58. The van der Waals surface area contributed by atoms with Gasteiger partial charge in [0.1, 0.15) is 12.4 Å². The van der Waals surface area contributed by atoms with Crippen LogP contribution in [-0.2, 0) is 4.79 Å². The number of phenolic OH excluding ortho intramolecular Hbond substituents is 1. The van der Waals surface area contributed by atoms with Crippen molar-refractivity contribution in [3.8, 4) is 5.75 Å². The third-order valence-corrected chi connectivity index (χ3v) is 2.08. The molecule has 0 atom stereocenters. The maximum atomic E-state index is 10.9. The van der Waals surface area contributed by atoms with E-state index in [1.165, 1.54) is 18.2 Å². The predicted molar refractivity (Wildman–Crippen MR) is 54.3 cm³/mol. The van der Waals surface area contributed by atoms with Gasteiger partial charge in [-0.2, -0.15) is 0 Å². The SMILES string of the molecule is O=C1CN=C(c2ccc(O)c([N+](=O)[O-])c2)N1. The summed E-state index contributed by atoms with van der Waals surface area (Å²) in [7, 11) is 0. The third kappa shape index (κ3) is 1.70. The van der Waals surface area contributed by atoms with Crippen molar-refractivity contribution in [1.82, 2.24) is 5.32 Å². The predicted octanol–water partition coefficient (Wildman–Crippen LogP) is 0.177. The lowest BCUT2D eigenvalue weighted by molar-refractivity contribution is -0.385. The molecule has 0 aromatic heterocycles. The van der Waals surface area contributed by atoms with E-state index < -0.39 is 16.4 Å². The number of amidine groups is 1. The van der Waals surface area contributed by atoms with Gasteiger partial charge in [-0.25, -0.2) is 0 Å². The van der Waals surface area contributed by atoms with E-state index in [9.17, 15) is 20.0 Å². The van der Waals surface area contributed by atoms with Crippen molar-refractivity contribution >= 4 is 17.4 Å². The molecule has 1 aliphatic rings. The van der Waals surface area contributed by atoms with Gasteiger partial charge in [0, 0.05) is 11.6 Å². The van der Waals surface area contributed by atoms with Gasteiger partial charge in [-0.1, -0.05) is 0 Å². The maximum absolute atomic E-state index is 10.9. The molecule has 0 radical (unpaired) electrons. The molecule has 0 bridgehead atoms. The molecule has 1 aromatic carbocycles. The van der Waals surface area contributed by atoms with Gasteiger partial charge in [0.2, 0.25) is 5.91 Å². The zero-order valence-corrected chi connectivity index (χ0v) is 8.01. The zero-order valence-electron chi connectivity index (χ0n) is 8.01. The number of aliphatic imine (C=N–C) groups is 1. The van der Waals surface area contributed by atoms with E-state index in [0.717, 1.165) is 0 Å². The second-order valence-corrected chi connectivity index (χ2v) is 3.17. The number of rotatable bonds is 2. The zero-order chi connectivity index (χ0) is 11.7. The van der Waals surface area contributed by atoms with Crippen molar-refractivity contribution < 1.29 is 14.8 Å². The molecule has 16 heavy (non-hydrogen) atoms. The van der Waals surface area contributed by atoms with Crippen LogP contribution in [0, 0.1) is 10.1 Å². The van der Waals surface area contributed by atoms with Crippen molar-refractivity contribution in [2.45, 2.75) is 0 Å². The minimum absolute atomic E-state index is 0.0179. The first-order valence-electron chi connectivity index (χ1n) is 4.40. The number of benzene rings is 1. The molecule has 82 valence electrons. The molecule has 2 rings (SSSR count). The Morgan fingerprint density at radius 2 is 2.25 bits per heavy atom.